The molecule has 6 heteroatoms. The Morgan fingerprint density at radius 2 is 2.24 bits per heavy atom. The number of carbonyl (C=O) groups is 1. The van der Waals surface area contributed by atoms with Crippen molar-refractivity contribution >= 4 is 11.7 Å². The summed E-state index contributed by atoms with van der Waals surface area (Å²) in [6.45, 7) is 2.48. The molecule has 1 N–H and O–H groups in total. The predicted octanol–water partition coefficient (Wildman–Crippen LogP) is 2.22. The highest BCUT2D eigenvalue weighted by Crippen LogP contribution is 2.23. The van der Waals surface area contributed by atoms with Gasteiger partial charge in [0.05, 0.1) is 11.5 Å². The molecule has 0 aliphatic heterocycles. The lowest BCUT2D eigenvalue weighted by Crippen LogP contribution is -2.08. The molecule has 17 heavy (non-hydrogen) atoms. The Balaban J connectivity index is 3.07. The number of carboxylic acid groups (broad SMARTS) is 1. The maximum absolute atomic E-state index is 11.0. The summed E-state index contributed by atoms with van der Waals surface area (Å²) in [7, 11) is 0. The number of benzene rings is 1. The van der Waals surface area contributed by atoms with E-state index in [1.54, 1.807) is 0 Å². The summed E-state index contributed by atoms with van der Waals surface area (Å²) in [5.41, 5.74) is -0.385. The average Bonchev–Trinajstić information content (AvgIpc) is 2.28. The van der Waals surface area contributed by atoms with Crippen LogP contribution >= 0.6 is 0 Å². The van der Waals surface area contributed by atoms with Gasteiger partial charge in [-0.25, -0.2) is 4.79 Å². The van der Waals surface area contributed by atoms with Crippen LogP contribution in [0.5, 0.6) is 0 Å². The number of ether oxygens (including phenoxy) is 1. The van der Waals surface area contributed by atoms with Gasteiger partial charge in [-0.05, 0) is 12.0 Å². The zero-order valence-corrected chi connectivity index (χ0v) is 9.38. The van der Waals surface area contributed by atoms with Gasteiger partial charge in [0.2, 0.25) is 0 Å². The number of nitro benzene ring substituents is 1. The van der Waals surface area contributed by atoms with Crippen LogP contribution in [0.2, 0.25) is 0 Å². The molecule has 1 aromatic carbocycles. The van der Waals surface area contributed by atoms with Crippen molar-refractivity contribution in [3.63, 3.8) is 0 Å². The molecule has 0 amide bonds. The van der Waals surface area contributed by atoms with Gasteiger partial charge in [0.15, 0.2) is 0 Å². The Hall–Kier alpha value is -1.95. The summed E-state index contributed by atoms with van der Waals surface area (Å²) in [5.74, 6) is -1.31. The highest BCUT2D eigenvalue weighted by Gasteiger charge is 2.23. The monoisotopic (exact) mass is 239 g/mol. The van der Waals surface area contributed by atoms with Gasteiger partial charge >= 0.3 is 5.97 Å². The van der Waals surface area contributed by atoms with Crippen LogP contribution < -0.4 is 0 Å². The van der Waals surface area contributed by atoms with E-state index in [-0.39, 0.29) is 12.2 Å². The van der Waals surface area contributed by atoms with E-state index in [9.17, 15) is 14.9 Å². The molecule has 0 spiro atoms. The van der Waals surface area contributed by atoms with Crippen LogP contribution in [0.3, 0.4) is 0 Å². The van der Waals surface area contributed by atoms with E-state index in [4.69, 9.17) is 9.84 Å². The van der Waals surface area contributed by atoms with E-state index in [1.165, 1.54) is 18.2 Å². The summed E-state index contributed by atoms with van der Waals surface area (Å²) in [6, 6.07) is 4.15. The molecule has 0 saturated carbocycles. The van der Waals surface area contributed by atoms with Crippen molar-refractivity contribution in [3.05, 3.63) is 39.4 Å². The third-order valence-electron chi connectivity index (χ3n) is 2.15. The number of nitrogens with zero attached hydrogens (tertiary/aromatic N) is 1. The standard InChI is InChI=1S/C11H13NO5/c1-2-6-17-7-8-4-3-5-9(12(15)16)10(8)11(13)14/h3-5H,2,6-7H2,1H3,(H,13,14). The molecule has 0 bridgehead atoms. The highest BCUT2D eigenvalue weighted by atomic mass is 16.6. The molecule has 0 aliphatic rings. The lowest BCUT2D eigenvalue weighted by molar-refractivity contribution is -0.385. The Morgan fingerprint density at radius 1 is 1.53 bits per heavy atom. The molecule has 0 atom stereocenters. The quantitative estimate of drug-likeness (QED) is 0.467. The van der Waals surface area contributed by atoms with E-state index in [2.05, 4.69) is 0 Å². The van der Waals surface area contributed by atoms with Crippen molar-refractivity contribution in [1.82, 2.24) is 0 Å². The molecular weight excluding hydrogens is 226 g/mol. The smallest absolute Gasteiger partial charge is 0.343 e. The topological polar surface area (TPSA) is 89.7 Å². The second-order valence-corrected chi connectivity index (χ2v) is 3.43. The third kappa shape index (κ3) is 3.25. The first-order chi connectivity index (χ1) is 8.07. The molecule has 92 valence electrons. The fraction of sp³-hybridized carbons (Fsp3) is 0.364. The van der Waals surface area contributed by atoms with Gasteiger partial charge in [0, 0.05) is 12.7 Å². The van der Waals surface area contributed by atoms with Crippen LogP contribution in [-0.2, 0) is 11.3 Å². The Kier molecular flexibility index (Phi) is 4.59. The van der Waals surface area contributed by atoms with Crippen molar-refractivity contribution < 1.29 is 19.6 Å². The van der Waals surface area contributed by atoms with Gasteiger partial charge in [0.25, 0.3) is 5.69 Å². The zero-order valence-electron chi connectivity index (χ0n) is 9.38. The number of hydrogen-bond donors (Lipinski definition) is 1. The van der Waals surface area contributed by atoms with Crippen molar-refractivity contribution in [2.45, 2.75) is 20.0 Å². The minimum atomic E-state index is -1.31. The van der Waals surface area contributed by atoms with Crippen molar-refractivity contribution in [2.24, 2.45) is 0 Å². The lowest BCUT2D eigenvalue weighted by Gasteiger charge is -2.06. The Bertz CT molecular complexity index is 430. The minimum absolute atomic E-state index is 0.0666. The van der Waals surface area contributed by atoms with Gasteiger partial charge in [-0.3, -0.25) is 10.1 Å². The fourth-order valence-electron chi connectivity index (χ4n) is 1.43. The van der Waals surface area contributed by atoms with Crippen LogP contribution in [0.1, 0.15) is 29.3 Å². The molecule has 0 heterocycles. The number of nitro groups is 1. The summed E-state index contributed by atoms with van der Waals surface area (Å²) < 4.78 is 5.21. The van der Waals surface area contributed by atoms with Crippen molar-refractivity contribution in [2.75, 3.05) is 6.61 Å². The molecule has 6 nitrogen and oxygen atoms in total. The number of rotatable bonds is 6. The zero-order chi connectivity index (χ0) is 12.8. The second kappa shape index (κ2) is 5.95. The van der Waals surface area contributed by atoms with Crippen LogP contribution in [0.4, 0.5) is 5.69 Å². The van der Waals surface area contributed by atoms with Crippen LogP contribution in [-0.4, -0.2) is 22.6 Å². The molecule has 0 fully saturated rings. The van der Waals surface area contributed by atoms with Crippen LogP contribution in [0.15, 0.2) is 18.2 Å². The first-order valence-electron chi connectivity index (χ1n) is 5.15. The molecule has 0 radical (unpaired) electrons. The lowest BCUT2D eigenvalue weighted by atomic mass is 10.1. The summed E-state index contributed by atoms with van der Waals surface area (Å²) >= 11 is 0. The van der Waals surface area contributed by atoms with E-state index < -0.39 is 16.6 Å². The minimum Gasteiger partial charge on any atom is -0.477 e. The first-order valence-corrected chi connectivity index (χ1v) is 5.15. The number of aromatic carboxylic acids is 1. The normalized spacial score (nSPS) is 10.2. The average molecular weight is 239 g/mol. The SMILES string of the molecule is CCCOCc1cccc([N+](=O)[O-])c1C(=O)O. The molecular formula is C11H13NO5. The van der Waals surface area contributed by atoms with E-state index in [1.807, 2.05) is 6.92 Å². The predicted molar refractivity (Wildman–Crippen MR) is 60.0 cm³/mol. The molecule has 0 saturated heterocycles. The number of carboxylic acids is 1. The van der Waals surface area contributed by atoms with Crippen LogP contribution in [0, 0.1) is 10.1 Å². The molecule has 0 aromatic heterocycles. The largest absolute Gasteiger partial charge is 0.477 e. The molecule has 0 aliphatic carbocycles. The van der Waals surface area contributed by atoms with Gasteiger partial charge in [-0.2, -0.15) is 0 Å². The van der Waals surface area contributed by atoms with Gasteiger partial charge < -0.3 is 9.84 Å². The highest BCUT2D eigenvalue weighted by molar-refractivity contribution is 5.94. The maximum atomic E-state index is 11.0. The fourth-order valence-corrected chi connectivity index (χ4v) is 1.43. The van der Waals surface area contributed by atoms with Gasteiger partial charge in [0.1, 0.15) is 5.56 Å². The molecule has 1 rings (SSSR count). The van der Waals surface area contributed by atoms with E-state index in [0.717, 1.165) is 6.42 Å². The first kappa shape index (κ1) is 13.1. The second-order valence-electron chi connectivity index (χ2n) is 3.43. The Morgan fingerprint density at radius 3 is 2.76 bits per heavy atom. The molecule has 0 unspecified atom stereocenters. The number of hydrogen-bond acceptors (Lipinski definition) is 4. The van der Waals surface area contributed by atoms with E-state index >= 15 is 0 Å². The van der Waals surface area contributed by atoms with E-state index in [0.29, 0.717) is 12.2 Å². The van der Waals surface area contributed by atoms with Crippen molar-refractivity contribution in [1.29, 1.82) is 0 Å². The summed E-state index contributed by atoms with van der Waals surface area (Å²) in [5, 5.41) is 19.7. The summed E-state index contributed by atoms with van der Waals surface area (Å²) in [4.78, 5) is 21.0. The Labute approximate surface area is 98.0 Å². The van der Waals surface area contributed by atoms with Gasteiger partial charge in [-0.15, -0.1) is 0 Å². The van der Waals surface area contributed by atoms with Crippen LogP contribution in [0.25, 0.3) is 0 Å². The third-order valence-corrected chi connectivity index (χ3v) is 2.15. The summed E-state index contributed by atoms with van der Waals surface area (Å²) in [6.07, 6.45) is 0.803. The van der Waals surface area contributed by atoms with Crippen molar-refractivity contribution in [3.8, 4) is 0 Å². The van der Waals surface area contributed by atoms with Gasteiger partial charge in [-0.1, -0.05) is 19.1 Å². The molecule has 1 aromatic rings. The maximum Gasteiger partial charge on any atom is 0.343 e.